The lowest BCUT2D eigenvalue weighted by Crippen LogP contribution is -2.07. The van der Waals surface area contributed by atoms with Crippen molar-refractivity contribution in [2.45, 2.75) is 52.6 Å². The van der Waals surface area contributed by atoms with Gasteiger partial charge in [0.15, 0.2) is 4.77 Å². The highest BCUT2D eigenvalue weighted by Crippen LogP contribution is 2.63. The largest absolute Gasteiger partial charge is 0.319 e. The molecule has 0 unspecified atom stereocenters. The lowest BCUT2D eigenvalue weighted by molar-refractivity contribution is 0.186. The maximum absolute atomic E-state index is 5.93. The minimum Gasteiger partial charge on any atom is -0.319 e. The number of benzene rings is 1. The number of H-pyrrole nitrogens is 1. The van der Waals surface area contributed by atoms with Gasteiger partial charge >= 0.3 is 0 Å². The Bertz CT molecular complexity index is 786. The van der Waals surface area contributed by atoms with Gasteiger partial charge in [-0.2, -0.15) is 5.10 Å². The van der Waals surface area contributed by atoms with E-state index in [2.05, 4.69) is 29.3 Å². The number of nitrogens with zero attached hydrogens (tertiary/aromatic N) is 2. The first-order valence-corrected chi connectivity index (χ1v) is 12.7. The van der Waals surface area contributed by atoms with Gasteiger partial charge in [-0.15, -0.1) is 0 Å². The van der Waals surface area contributed by atoms with E-state index in [1.54, 1.807) is 0 Å². The molecule has 2 rings (SSSR count). The summed E-state index contributed by atoms with van der Waals surface area (Å²) in [5, 5.41) is 7.23. The highest BCUT2D eigenvalue weighted by Gasteiger charge is 2.25. The predicted octanol–water partition coefficient (Wildman–Crippen LogP) is 5.55. The molecular weight excluding hydrogens is 393 g/mol. The number of nitrogens with one attached hydrogen (secondary N) is 1. The predicted molar refractivity (Wildman–Crippen MR) is 112 cm³/mol. The van der Waals surface area contributed by atoms with Gasteiger partial charge in [0.2, 0.25) is 5.69 Å². The smallest absolute Gasteiger partial charge is 0.248 e. The Kier molecular flexibility index (Phi) is 7.43. The van der Waals surface area contributed by atoms with Crippen molar-refractivity contribution in [3.8, 4) is 5.69 Å². The fourth-order valence-corrected chi connectivity index (χ4v) is 7.78. The van der Waals surface area contributed by atoms with Crippen LogP contribution in [0.25, 0.3) is 5.69 Å². The topological polar surface area (TPSA) is 52.1 Å². The molecule has 1 aromatic carbocycles. The van der Waals surface area contributed by atoms with Gasteiger partial charge in [-0.3, -0.25) is 9.67 Å². The number of aryl methyl sites for hydroxylation is 1. The number of aromatic nitrogens is 3. The molecule has 2 aromatic rings. The van der Waals surface area contributed by atoms with Crippen molar-refractivity contribution < 1.29 is 9.05 Å². The summed E-state index contributed by atoms with van der Waals surface area (Å²) in [6, 6.07) is 8.16. The van der Waals surface area contributed by atoms with Crippen molar-refractivity contribution in [2.75, 3.05) is 0 Å². The summed E-state index contributed by atoms with van der Waals surface area (Å²) in [5.74, 6) is 1.35. The zero-order chi connectivity index (χ0) is 18.6. The first-order valence-electron chi connectivity index (χ1n) is 8.05. The standard InChI is InChI=1S/C16H24N3O2PS3/c1-11(2)20-22(24,21-12(3)4)25-10-15-17-18-16(23)19(15)14-8-6-13(5)7-9-14/h6-9,11-12H,10H2,1-5H3,(H,18,23). The number of hydrogen-bond donors (Lipinski definition) is 1. The minimum absolute atomic E-state index is 0.00926. The minimum atomic E-state index is -2.46. The molecular formula is C16H24N3O2PS3. The first-order chi connectivity index (χ1) is 11.7. The van der Waals surface area contributed by atoms with Crippen LogP contribution in [0.2, 0.25) is 0 Å². The maximum Gasteiger partial charge on any atom is 0.248 e. The van der Waals surface area contributed by atoms with Gasteiger partial charge < -0.3 is 9.05 Å². The molecule has 25 heavy (non-hydrogen) atoms. The van der Waals surface area contributed by atoms with Crippen molar-refractivity contribution in [1.29, 1.82) is 0 Å². The molecule has 1 heterocycles. The zero-order valence-corrected chi connectivity index (χ0v) is 18.4. The molecule has 0 atom stereocenters. The van der Waals surface area contributed by atoms with Gasteiger partial charge in [-0.25, -0.2) is 0 Å². The quantitative estimate of drug-likeness (QED) is 0.449. The van der Waals surface area contributed by atoms with E-state index in [1.165, 1.54) is 16.9 Å². The monoisotopic (exact) mass is 417 g/mol. The van der Waals surface area contributed by atoms with Gasteiger partial charge in [-0.1, -0.05) is 29.1 Å². The maximum atomic E-state index is 5.93. The van der Waals surface area contributed by atoms with Crippen LogP contribution in [0, 0.1) is 11.7 Å². The SMILES string of the molecule is Cc1ccc(-n2c(CSP(=S)(OC(C)C)OC(C)C)n[nH]c2=S)cc1. The summed E-state index contributed by atoms with van der Waals surface area (Å²) in [4.78, 5) is 0. The Morgan fingerprint density at radius 3 is 2.24 bits per heavy atom. The molecule has 0 aliphatic rings. The molecule has 0 radical (unpaired) electrons. The molecule has 5 nitrogen and oxygen atoms in total. The molecule has 1 N–H and O–H groups in total. The van der Waals surface area contributed by atoms with Crippen molar-refractivity contribution in [1.82, 2.24) is 14.8 Å². The summed E-state index contributed by atoms with van der Waals surface area (Å²) >= 11 is 12.6. The van der Waals surface area contributed by atoms with E-state index in [9.17, 15) is 0 Å². The van der Waals surface area contributed by atoms with E-state index in [1.807, 2.05) is 44.4 Å². The Morgan fingerprint density at radius 1 is 1.16 bits per heavy atom. The highest BCUT2D eigenvalue weighted by atomic mass is 32.9. The van der Waals surface area contributed by atoms with Crippen molar-refractivity contribution in [2.24, 2.45) is 0 Å². The van der Waals surface area contributed by atoms with Crippen LogP contribution in [0.1, 0.15) is 39.1 Å². The summed E-state index contributed by atoms with van der Waals surface area (Å²) < 4.78 is 14.3. The Balaban J connectivity index is 2.24. The van der Waals surface area contributed by atoms with Gasteiger partial charge in [0.1, 0.15) is 5.82 Å². The zero-order valence-electron chi connectivity index (χ0n) is 15.1. The third kappa shape index (κ3) is 6.01. The van der Waals surface area contributed by atoms with Crippen molar-refractivity contribution >= 4 is 41.1 Å². The second-order valence-electron chi connectivity index (χ2n) is 6.14. The van der Waals surface area contributed by atoms with Gasteiger partial charge in [0.25, 0.3) is 0 Å². The Morgan fingerprint density at radius 2 is 1.72 bits per heavy atom. The van der Waals surface area contributed by atoms with E-state index in [4.69, 9.17) is 33.1 Å². The Hall–Kier alpha value is -0.500. The molecule has 0 spiro atoms. The molecule has 9 heteroatoms. The lowest BCUT2D eigenvalue weighted by Gasteiger charge is -2.25. The summed E-state index contributed by atoms with van der Waals surface area (Å²) in [5.41, 5.74) is -0.288. The molecule has 0 saturated carbocycles. The number of aromatic amines is 1. The van der Waals surface area contributed by atoms with Crippen LogP contribution < -0.4 is 0 Å². The average Bonchev–Trinajstić information content (AvgIpc) is 2.85. The normalized spacial score (nSPS) is 12.3. The second-order valence-corrected chi connectivity index (χ2v) is 12.7. The van der Waals surface area contributed by atoms with E-state index in [-0.39, 0.29) is 12.2 Å². The van der Waals surface area contributed by atoms with Crippen molar-refractivity contribution in [3.63, 3.8) is 0 Å². The van der Waals surface area contributed by atoms with Crippen LogP contribution in [0.4, 0.5) is 0 Å². The van der Waals surface area contributed by atoms with Gasteiger partial charge in [0, 0.05) is 5.69 Å². The molecule has 0 amide bonds. The third-order valence-corrected chi connectivity index (χ3v) is 8.72. The molecule has 0 aliphatic carbocycles. The summed E-state index contributed by atoms with van der Waals surface area (Å²) in [7, 11) is 0. The Labute approximate surface area is 163 Å². The van der Waals surface area contributed by atoms with Gasteiger partial charge in [-0.05, 0) is 70.8 Å². The van der Waals surface area contributed by atoms with Crippen molar-refractivity contribution in [3.05, 3.63) is 40.4 Å². The molecule has 138 valence electrons. The molecule has 0 fully saturated rings. The fraction of sp³-hybridized carbons (Fsp3) is 0.500. The first kappa shape index (κ1) is 20.8. The van der Waals surface area contributed by atoms with E-state index >= 15 is 0 Å². The fourth-order valence-electron chi connectivity index (χ4n) is 2.13. The van der Waals surface area contributed by atoms with E-state index < -0.39 is 5.69 Å². The molecule has 0 saturated heterocycles. The van der Waals surface area contributed by atoms with Crippen LogP contribution in [0.5, 0.6) is 0 Å². The van der Waals surface area contributed by atoms with E-state index in [0.29, 0.717) is 10.5 Å². The lowest BCUT2D eigenvalue weighted by atomic mass is 10.2. The van der Waals surface area contributed by atoms with Gasteiger partial charge in [0.05, 0.1) is 18.0 Å². The highest BCUT2D eigenvalue weighted by molar-refractivity contribution is 8.67. The third-order valence-electron chi connectivity index (χ3n) is 3.07. The average molecular weight is 418 g/mol. The molecule has 0 aliphatic heterocycles. The van der Waals surface area contributed by atoms with Crippen LogP contribution >= 0.6 is 29.3 Å². The summed E-state index contributed by atoms with van der Waals surface area (Å²) in [6.07, 6.45) is 0.0185. The molecule has 1 aromatic heterocycles. The van der Waals surface area contributed by atoms with Crippen LogP contribution in [0.3, 0.4) is 0 Å². The van der Waals surface area contributed by atoms with Crippen LogP contribution in [-0.2, 0) is 26.6 Å². The molecule has 0 bridgehead atoms. The van der Waals surface area contributed by atoms with Crippen LogP contribution in [-0.4, -0.2) is 27.0 Å². The number of rotatable bonds is 8. The number of hydrogen-bond acceptors (Lipinski definition) is 6. The summed E-state index contributed by atoms with van der Waals surface area (Å²) in [6.45, 7) is 9.92. The second kappa shape index (κ2) is 8.93. The van der Waals surface area contributed by atoms with E-state index in [0.717, 1.165) is 11.5 Å². The van der Waals surface area contributed by atoms with Crippen LogP contribution in [0.15, 0.2) is 24.3 Å².